The van der Waals surface area contributed by atoms with E-state index in [-0.39, 0.29) is 24.7 Å². The Hall–Kier alpha value is -2.08. The van der Waals surface area contributed by atoms with Gasteiger partial charge in [0.1, 0.15) is 12.4 Å². The van der Waals surface area contributed by atoms with E-state index in [9.17, 15) is 9.59 Å². The lowest BCUT2D eigenvalue weighted by Gasteiger charge is -2.17. The number of carbonyl (C=O) groups is 2. The van der Waals surface area contributed by atoms with Crippen LogP contribution in [0.3, 0.4) is 0 Å². The molecule has 1 aromatic rings. The highest BCUT2D eigenvalue weighted by Crippen LogP contribution is 2.27. The summed E-state index contributed by atoms with van der Waals surface area (Å²) >= 11 is 0. The molecular weight excluding hydrogens is 250 g/mol. The van der Waals surface area contributed by atoms with E-state index in [1.165, 1.54) is 12.1 Å². The number of nitrogens with zero attached hydrogens (tertiary/aromatic N) is 1. The fourth-order valence-corrected chi connectivity index (χ4v) is 2.03. The summed E-state index contributed by atoms with van der Waals surface area (Å²) in [6, 6.07) is 4.45. The van der Waals surface area contributed by atoms with Gasteiger partial charge in [-0.3, -0.25) is 4.79 Å². The van der Waals surface area contributed by atoms with Gasteiger partial charge in [-0.1, -0.05) is 0 Å². The molecule has 1 aromatic carbocycles. The zero-order valence-electron chi connectivity index (χ0n) is 10.3. The van der Waals surface area contributed by atoms with Crippen LogP contribution in [-0.4, -0.2) is 41.8 Å². The summed E-state index contributed by atoms with van der Waals surface area (Å²) in [4.78, 5) is 24.3. The van der Waals surface area contributed by atoms with Crippen molar-refractivity contribution in [1.82, 2.24) is 0 Å². The van der Waals surface area contributed by atoms with Crippen LogP contribution >= 0.6 is 0 Å². The van der Waals surface area contributed by atoms with Crippen LogP contribution < -0.4 is 9.64 Å². The minimum atomic E-state index is -1.08. The van der Waals surface area contributed by atoms with E-state index in [2.05, 4.69) is 0 Å². The molecule has 2 N–H and O–H groups in total. The van der Waals surface area contributed by atoms with Gasteiger partial charge in [0.15, 0.2) is 0 Å². The Bertz CT molecular complexity index is 500. The molecule has 0 atom stereocenters. The van der Waals surface area contributed by atoms with E-state index in [1.54, 1.807) is 11.0 Å². The molecule has 1 saturated heterocycles. The maximum Gasteiger partial charge on any atom is 0.335 e. The van der Waals surface area contributed by atoms with E-state index in [4.69, 9.17) is 14.9 Å². The van der Waals surface area contributed by atoms with Gasteiger partial charge in [-0.25, -0.2) is 4.79 Å². The summed E-state index contributed by atoms with van der Waals surface area (Å²) in [5.74, 6) is -0.762. The predicted molar refractivity (Wildman–Crippen MR) is 67.6 cm³/mol. The first-order valence-corrected chi connectivity index (χ1v) is 6.04. The van der Waals surface area contributed by atoms with Gasteiger partial charge >= 0.3 is 5.97 Å². The molecule has 19 heavy (non-hydrogen) atoms. The number of anilines is 1. The number of carboxylic acids is 1. The van der Waals surface area contributed by atoms with Crippen LogP contribution in [0.4, 0.5) is 5.69 Å². The Morgan fingerprint density at radius 3 is 2.74 bits per heavy atom. The summed E-state index contributed by atoms with van der Waals surface area (Å²) in [5.41, 5.74) is 0.584. The molecular formula is C13H15NO5. The minimum absolute atomic E-state index is 0.0179. The molecule has 102 valence electrons. The normalized spacial score (nSPS) is 14.8. The Balaban J connectivity index is 2.33. The number of aromatic carboxylic acids is 1. The first-order valence-electron chi connectivity index (χ1n) is 6.04. The van der Waals surface area contributed by atoms with Crippen molar-refractivity contribution in [2.75, 3.05) is 24.7 Å². The number of ether oxygens (including phenoxy) is 1. The Morgan fingerprint density at radius 2 is 2.16 bits per heavy atom. The SMILES string of the molecule is O=C(O)c1cc(OCCO)cc(N2CCCC2=O)c1. The van der Waals surface area contributed by atoms with Gasteiger partial charge in [-0.05, 0) is 18.6 Å². The van der Waals surface area contributed by atoms with Crippen LogP contribution in [-0.2, 0) is 4.79 Å². The average molecular weight is 265 g/mol. The highest BCUT2D eigenvalue weighted by Gasteiger charge is 2.23. The van der Waals surface area contributed by atoms with Gasteiger partial charge in [0, 0.05) is 24.7 Å². The lowest BCUT2D eigenvalue weighted by Crippen LogP contribution is -2.24. The molecule has 6 heteroatoms. The Kier molecular flexibility index (Phi) is 4.01. The van der Waals surface area contributed by atoms with Crippen LogP contribution in [0.15, 0.2) is 18.2 Å². The number of aliphatic hydroxyl groups excluding tert-OH is 1. The zero-order chi connectivity index (χ0) is 13.8. The van der Waals surface area contributed by atoms with Crippen molar-refractivity contribution in [2.45, 2.75) is 12.8 Å². The zero-order valence-corrected chi connectivity index (χ0v) is 10.3. The van der Waals surface area contributed by atoms with Crippen molar-refractivity contribution >= 4 is 17.6 Å². The highest BCUT2D eigenvalue weighted by molar-refractivity contribution is 5.97. The number of aliphatic hydroxyl groups is 1. The van der Waals surface area contributed by atoms with Crippen molar-refractivity contribution in [3.05, 3.63) is 23.8 Å². The standard InChI is InChI=1S/C13H15NO5/c15-4-5-19-11-7-9(13(17)18)6-10(8-11)14-3-1-2-12(14)16/h6-8,15H,1-5H2,(H,17,18). The van der Waals surface area contributed by atoms with E-state index in [1.807, 2.05) is 0 Å². The number of amides is 1. The fraction of sp³-hybridized carbons (Fsp3) is 0.385. The van der Waals surface area contributed by atoms with E-state index >= 15 is 0 Å². The molecule has 1 aliphatic heterocycles. The minimum Gasteiger partial charge on any atom is -0.491 e. The van der Waals surface area contributed by atoms with Gasteiger partial charge in [-0.2, -0.15) is 0 Å². The van der Waals surface area contributed by atoms with Crippen LogP contribution in [0, 0.1) is 0 Å². The first-order chi connectivity index (χ1) is 9.11. The molecule has 1 heterocycles. The largest absolute Gasteiger partial charge is 0.491 e. The van der Waals surface area contributed by atoms with E-state index in [0.29, 0.717) is 24.4 Å². The summed E-state index contributed by atoms with van der Waals surface area (Å²) in [5, 5.41) is 17.8. The topological polar surface area (TPSA) is 87.1 Å². The molecule has 6 nitrogen and oxygen atoms in total. The lowest BCUT2D eigenvalue weighted by molar-refractivity contribution is -0.117. The van der Waals surface area contributed by atoms with Crippen molar-refractivity contribution in [3.8, 4) is 5.75 Å². The molecule has 1 aliphatic rings. The predicted octanol–water partition coefficient (Wildman–Crippen LogP) is 0.883. The maximum atomic E-state index is 11.7. The average Bonchev–Trinajstić information content (AvgIpc) is 2.82. The third-order valence-corrected chi connectivity index (χ3v) is 2.88. The molecule has 0 spiro atoms. The van der Waals surface area contributed by atoms with Gasteiger partial charge in [0.2, 0.25) is 5.91 Å². The molecule has 0 unspecified atom stereocenters. The highest BCUT2D eigenvalue weighted by atomic mass is 16.5. The second kappa shape index (κ2) is 5.71. The monoisotopic (exact) mass is 265 g/mol. The molecule has 0 radical (unpaired) electrons. The Morgan fingerprint density at radius 1 is 1.37 bits per heavy atom. The van der Waals surface area contributed by atoms with Crippen molar-refractivity contribution in [2.24, 2.45) is 0 Å². The van der Waals surface area contributed by atoms with E-state index in [0.717, 1.165) is 6.42 Å². The third-order valence-electron chi connectivity index (χ3n) is 2.88. The van der Waals surface area contributed by atoms with Crippen LogP contribution in [0.25, 0.3) is 0 Å². The van der Waals surface area contributed by atoms with Crippen LogP contribution in [0.5, 0.6) is 5.75 Å². The number of rotatable bonds is 5. The van der Waals surface area contributed by atoms with Gasteiger partial charge in [0.25, 0.3) is 0 Å². The molecule has 2 rings (SSSR count). The summed E-state index contributed by atoms with van der Waals surface area (Å²) < 4.78 is 5.23. The molecule has 1 amide bonds. The number of hydrogen-bond donors (Lipinski definition) is 2. The Labute approximate surface area is 110 Å². The van der Waals surface area contributed by atoms with Crippen molar-refractivity contribution in [1.29, 1.82) is 0 Å². The van der Waals surface area contributed by atoms with Crippen LogP contribution in [0.2, 0.25) is 0 Å². The van der Waals surface area contributed by atoms with Gasteiger partial charge < -0.3 is 19.8 Å². The van der Waals surface area contributed by atoms with Crippen molar-refractivity contribution in [3.63, 3.8) is 0 Å². The first kappa shape index (κ1) is 13.4. The molecule has 0 aliphatic carbocycles. The summed E-state index contributed by atoms with van der Waals surface area (Å²) in [6.07, 6.45) is 1.24. The molecule has 0 bridgehead atoms. The van der Waals surface area contributed by atoms with Gasteiger partial charge in [0.05, 0.1) is 12.2 Å². The summed E-state index contributed by atoms with van der Waals surface area (Å²) in [6.45, 7) is 0.507. The lowest BCUT2D eigenvalue weighted by atomic mass is 10.1. The number of carboxylic acid groups (broad SMARTS) is 1. The van der Waals surface area contributed by atoms with E-state index < -0.39 is 5.97 Å². The second-order valence-corrected chi connectivity index (χ2v) is 4.24. The second-order valence-electron chi connectivity index (χ2n) is 4.24. The quantitative estimate of drug-likeness (QED) is 0.825. The molecule has 0 saturated carbocycles. The van der Waals surface area contributed by atoms with Crippen LogP contribution in [0.1, 0.15) is 23.2 Å². The van der Waals surface area contributed by atoms with Gasteiger partial charge in [-0.15, -0.1) is 0 Å². The van der Waals surface area contributed by atoms with Crippen molar-refractivity contribution < 1.29 is 24.5 Å². The number of benzene rings is 1. The molecule has 0 aromatic heterocycles. The summed E-state index contributed by atoms with van der Waals surface area (Å²) in [7, 11) is 0. The molecule has 1 fully saturated rings. The number of hydrogen-bond acceptors (Lipinski definition) is 4. The number of carbonyl (C=O) groups excluding carboxylic acids is 1. The smallest absolute Gasteiger partial charge is 0.335 e. The fourth-order valence-electron chi connectivity index (χ4n) is 2.03. The third kappa shape index (κ3) is 3.03. The maximum absolute atomic E-state index is 11.7.